The Morgan fingerprint density at radius 3 is 2.67 bits per heavy atom. The Bertz CT molecular complexity index is 589. The minimum atomic E-state index is -4.43. The molecule has 0 spiro atoms. The van der Waals surface area contributed by atoms with Crippen molar-refractivity contribution < 1.29 is 23.1 Å². The fourth-order valence-electron chi connectivity index (χ4n) is 2.81. The Kier molecular flexibility index (Phi) is 5.55. The number of carbonyl (C=O) groups excluding carboxylic acids is 1. The molecule has 0 radical (unpaired) electrons. The molecule has 0 saturated carbocycles. The van der Waals surface area contributed by atoms with Gasteiger partial charge in [-0.3, -0.25) is 9.69 Å². The van der Waals surface area contributed by atoms with Crippen molar-refractivity contribution in [2.45, 2.75) is 44.6 Å². The highest BCUT2D eigenvalue weighted by atomic mass is 19.4. The molecule has 1 aromatic rings. The maximum absolute atomic E-state index is 12.9. The van der Waals surface area contributed by atoms with Crippen molar-refractivity contribution in [2.75, 3.05) is 20.1 Å². The Balaban J connectivity index is 2.23. The van der Waals surface area contributed by atoms with Crippen molar-refractivity contribution in [3.05, 3.63) is 35.4 Å². The van der Waals surface area contributed by atoms with Gasteiger partial charge in [0.05, 0.1) is 24.3 Å². The number of amides is 1. The van der Waals surface area contributed by atoms with E-state index in [1.807, 2.05) is 25.8 Å². The quantitative estimate of drug-likeness (QED) is 0.913. The van der Waals surface area contributed by atoms with Gasteiger partial charge in [-0.1, -0.05) is 12.1 Å². The summed E-state index contributed by atoms with van der Waals surface area (Å²) in [4.78, 5) is 15.9. The van der Waals surface area contributed by atoms with Crippen molar-refractivity contribution in [3.63, 3.8) is 0 Å². The predicted octanol–water partition coefficient (Wildman–Crippen LogP) is 2.68. The molecule has 2 rings (SSSR count). The minimum absolute atomic E-state index is 0.145. The molecule has 1 heterocycles. The minimum Gasteiger partial charge on any atom is -0.391 e. The van der Waals surface area contributed by atoms with Crippen molar-refractivity contribution in [2.24, 2.45) is 0 Å². The average Bonchev–Trinajstić information content (AvgIpc) is 2.88. The summed E-state index contributed by atoms with van der Waals surface area (Å²) in [6, 6.07) is 4.63. The lowest BCUT2D eigenvalue weighted by molar-refractivity contribution is -0.137. The van der Waals surface area contributed by atoms with E-state index in [1.165, 1.54) is 11.0 Å². The molecule has 1 aliphatic rings. The summed E-state index contributed by atoms with van der Waals surface area (Å²) in [5, 5.41) is 9.92. The second kappa shape index (κ2) is 7.11. The van der Waals surface area contributed by atoms with Crippen molar-refractivity contribution in [1.82, 2.24) is 9.80 Å². The summed E-state index contributed by atoms with van der Waals surface area (Å²) in [7, 11) is 1.81. The van der Waals surface area contributed by atoms with Crippen molar-refractivity contribution >= 4 is 5.91 Å². The van der Waals surface area contributed by atoms with Gasteiger partial charge in [-0.05, 0) is 45.0 Å². The predicted molar refractivity (Wildman–Crippen MR) is 84.3 cm³/mol. The molecule has 4 nitrogen and oxygen atoms in total. The van der Waals surface area contributed by atoms with Crippen LogP contribution in [0.15, 0.2) is 24.3 Å². The smallest absolute Gasteiger partial charge is 0.391 e. The molecular formula is C17H23F3N2O2. The van der Waals surface area contributed by atoms with Crippen LogP contribution in [0, 0.1) is 0 Å². The second-order valence-corrected chi connectivity index (χ2v) is 6.58. The lowest BCUT2D eigenvalue weighted by Crippen LogP contribution is -2.41. The van der Waals surface area contributed by atoms with Crippen LogP contribution in [0.2, 0.25) is 0 Å². The number of likely N-dealkylation sites (N-methyl/N-ethyl adjacent to an activating group) is 1. The average molecular weight is 344 g/mol. The van der Waals surface area contributed by atoms with E-state index in [9.17, 15) is 23.1 Å². The Hall–Kier alpha value is -1.60. The molecule has 1 aliphatic heterocycles. The van der Waals surface area contributed by atoms with Gasteiger partial charge in [-0.25, -0.2) is 0 Å². The van der Waals surface area contributed by atoms with Crippen LogP contribution >= 0.6 is 0 Å². The van der Waals surface area contributed by atoms with Gasteiger partial charge in [0.2, 0.25) is 5.91 Å². The topological polar surface area (TPSA) is 43.8 Å². The van der Waals surface area contributed by atoms with E-state index in [0.29, 0.717) is 5.56 Å². The van der Waals surface area contributed by atoms with Crippen LogP contribution in [0.25, 0.3) is 0 Å². The van der Waals surface area contributed by atoms with E-state index < -0.39 is 23.9 Å². The van der Waals surface area contributed by atoms with E-state index in [-0.39, 0.29) is 31.5 Å². The normalized spacial score (nSPS) is 21.8. The van der Waals surface area contributed by atoms with Crippen molar-refractivity contribution in [1.29, 1.82) is 0 Å². The zero-order chi connectivity index (χ0) is 18.1. The summed E-state index contributed by atoms with van der Waals surface area (Å²) in [5.41, 5.74) is -0.338. The molecule has 134 valence electrons. The number of aliphatic hydroxyl groups is 1. The van der Waals surface area contributed by atoms with E-state index in [0.717, 1.165) is 12.1 Å². The lowest BCUT2D eigenvalue weighted by Gasteiger charge is -2.28. The molecule has 1 aromatic carbocycles. The molecule has 1 amide bonds. The third-order valence-electron chi connectivity index (χ3n) is 4.46. The van der Waals surface area contributed by atoms with Gasteiger partial charge in [-0.15, -0.1) is 0 Å². The zero-order valence-electron chi connectivity index (χ0n) is 14.0. The summed E-state index contributed by atoms with van der Waals surface area (Å²) >= 11 is 0. The summed E-state index contributed by atoms with van der Waals surface area (Å²) < 4.78 is 38.7. The molecule has 1 N–H and O–H groups in total. The van der Waals surface area contributed by atoms with Gasteiger partial charge in [0.25, 0.3) is 0 Å². The molecule has 0 unspecified atom stereocenters. The van der Waals surface area contributed by atoms with Gasteiger partial charge < -0.3 is 10.0 Å². The van der Waals surface area contributed by atoms with Crippen LogP contribution in [0.4, 0.5) is 13.2 Å². The lowest BCUT2D eigenvalue weighted by atomic mass is 10.0. The number of hydrogen-bond donors (Lipinski definition) is 1. The second-order valence-electron chi connectivity index (χ2n) is 6.58. The first kappa shape index (κ1) is 18.7. The fraction of sp³-hybridized carbons (Fsp3) is 0.588. The first-order valence-corrected chi connectivity index (χ1v) is 7.94. The number of aliphatic hydroxyl groups excluding tert-OH is 1. The van der Waals surface area contributed by atoms with Crippen LogP contribution in [0.3, 0.4) is 0 Å². The molecule has 0 bridgehead atoms. The fourth-order valence-corrected chi connectivity index (χ4v) is 2.81. The van der Waals surface area contributed by atoms with E-state index in [4.69, 9.17) is 0 Å². The number of hydrogen-bond acceptors (Lipinski definition) is 3. The molecule has 0 aliphatic carbocycles. The number of alkyl halides is 3. The van der Waals surface area contributed by atoms with Gasteiger partial charge >= 0.3 is 6.18 Å². The molecule has 7 heteroatoms. The number of likely N-dealkylation sites (tertiary alicyclic amines) is 1. The maximum Gasteiger partial charge on any atom is 0.416 e. The standard InChI is InChI=1S/C17H23F3N2O2/c1-11(2)21(3)10-16(24)22-9-14(23)8-15(22)12-5-4-6-13(7-12)17(18,19)20/h4-7,11,14-15,23H,8-10H2,1-3H3/t14-,15-/m0/s1. The molecule has 24 heavy (non-hydrogen) atoms. The van der Waals surface area contributed by atoms with Crippen LogP contribution in [-0.4, -0.2) is 53.1 Å². The number of rotatable bonds is 4. The number of nitrogens with zero attached hydrogens (tertiary/aromatic N) is 2. The van der Waals surface area contributed by atoms with Crippen LogP contribution in [0.5, 0.6) is 0 Å². The van der Waals surface area contributed by atoms with Crippen LogP contribution in [0.1, 0.15) is 37.4 Å². The summed E-state index contributed by atoms with van der Waals surface area (Å²) in [6.07, 6.45) is -4.91. The van der Waals surface area contributed by atoms with Gasteiger partial charge in [-0.2, -0.15) is 13.2 Å². The molecule has 1 saturated heterocycles. The highest BCUT2D eigenvalue weighted by Gasteiger charge is 2.37. The van der Waals surface area contributed by atoms with E-state index in [2.05, 4.69) is 0 Å². The van der Waals surface area contributed by atoms with Crippen LogP contribution < -0.4 is 0 Å². The maximum atomic E-state index is 12.9. The monoisotopic (exact) mass is 344 g/mol. The first-order valence-electron chi connectivity index (χ1n) is 7.94. The van der Waals surface area contributed by atoms with Gasteiger partial charge in [0, 0.05) is 12.6 Å². The molecule has 0 aromatic heterocycles. The largest absolute Gasteiger partial charge is 0.416 e. The highest BCUT2D eigenvalue weighted by Crippen LogP contribution is 2.36. The van der Waals surface area contributed by atoms with E-state index >= 15 is 0 Å². The summed E-state index contributed by atoms with van der Waals surface area (Å²) in [5.74, 6) is -0.190. The Morgan fingerprint density at radius 2 is 2.08 bits per heavy atom. The number of benzene rings is 1. The van der Waals surface area contributed by atoms with Gasteiger partial charge in [0.15, 0.2) is 0 Å². The zero-order valence-corrected chi connectivity index (χ0v) is 14.0. The van der Waals surface area contributed by atoms with Crippen LogP contribution in [-0.2, 0) is 11.0 Å². The van der Waals surface area contributed by atoms with E-state index in [1.54, 1.807) is 6.07 Å². The third kappa shape index (κ3) is 4.27. The highest BCUT2D eigenvalue weighted by molar-refractivity contribution is 5.79. The Morgan fingerprint density at radius 1 is 1.42 bits per heavy atom. The molecule has 1 fully saturated rings. The SMILES string of the molecule is CC(C)N(C)CC(=O)N1C[C@@H](O)C[C@H]1c1cccc(C(F)(F)F)c1. The first-order chi connectivity index (χ1) is 11.1. The summed E-state index contributed by atoms with van der Waals surface area (Å²) in [6.45, 7) is 4.22. The number of halogens is 3. The van der Waals surface area contributed by atoms with Gasteiger partial charge in [0.1, 0.15) is 0 Å². The van der Waals surface area contributed by atoms with Crippen molar-refractivity contribution in [3.8, 4) is 0 Å². The number of β-amino-alcohol motifs (C(OH)–C–C–N with tert-alkyl or cyclic N) is 1. The molecule has 2 atom stereocenters. The number of carbonyl (C=O) groups is 1. The molecular weight excluding hydrogens is 321 g/mol. The third-order valence-corrected chi connectivity index (χ3v) is 4.46. The Labute approximate surface area is 139 Å².